The summed E-state index contributed by atoms with van der Waals surface area (Å²) < 4.78 is 5.48. The van der Waals surface area contributed by atoms with Gasteiger partial charge in [-0.2, -0.15) is 0 Å². The van der Waals surface area contributed by atoms with Gasteiger partial charge in [-0.3, -0.25) is 4.79 Å². The van der Waals surface area contributed by atoms with E-state index in [2.05, 4.69) is 35.0 Å². The zero-order chi connectivity index (χ0) is 23.6. The predicted molar refractivity (Wildman–Crippen MR) is 131 cm³/mol. The molecule has 0 bridgehead atoms. The second-order valence-electron chi connectivity index (χ2n) is 8.34. The monoisotopic (exact) mass is 450 g/mol. The molecule has 0 radical (unpaired) electrons. The number of allylic oxidation sites excluding steroid dienone is 1. The number of benzene rings is 2. The van der Waals surface area contributed by atoms with E-state index >= 15 is 0 Å². The van der Waals surface area contributed by atoms with Crippen molar-refractivity contribution in [3.05, 3.63) is 71.8 Å². The summed E-state index contributed by atoms with van der Waals surface area (Å²) in [6.45, 7) is 8.08. The van der Waals surface area contributed by atoms with Gasteiger partial charge >= 0.3 is 5.97 Å². The highest BCUT2D eigenvalue weighted by Crippen LogP contribution is 2.31. The lowest BCUT2D eigenvalue weighted by molar-refractivity contribution is -0.121. The molecule has 2 N–H and O–H groups in total. The summed E-state index contributed by atoms with van der Waals surface area (Å²) >= 11 is 0. The molecule has 0 spiro atoms. The summed E-state index contributed by atoms with van der Waals surface area (Å²) in [6.07, 6.45) is 7.22. The smallest absolute Gasteiger partial charge is 0.339 e. The van der Waals surface area contributed by atoms with Crippen molar-refractivity contribution in [3.63, 3.8) is 0 Å². The van der Waals surface area contributed by atoms with Crippen LogP contribution < -0.4 is 15.0 Å². The Bertz CT molecular complexity index is 966. The zero-order valence-corrected chi connectivity index (χ0v) is 19.4. The number of ether oxygens (including phenoxy) is 1. The number of carboxylic acids is 1. The van der Waals surface area contributed by atoms with Gasteiger partial charge in [0.1, 0.15) is 11.3 Å². The van der Waals surface area contributed by atoms with Crippen LogP contribution in [0.3, 0.4) is 0 Å². The Hall–Kier alpha value is -3.28. The minimum absolute atomic E-state index is 0.0975. The fraction of sp³-hybridized carbons (Fsp3) is 0.407. The third-order valence-corrected chi connectivity index (χ3v) is 5.94. The van der Waals surface area contributed by atoms with Crippen molar-refractivity contribution < 1.29 is 19.4 Å². The van der Waals surface area contributed by atoms with Gasteiger partial charge in [0.15, 0.2) is 0 Å². The first kappa shape index (κ1) is 24.4. The van der Waals surface area contributed by atoms with Crippen molar-refractivity contribution in [2.24, 2.45) is 0 Å². The SMILES string of the molecule is C=CCCC(NC(=O)Cc1ccc(C(=O)O)c(OCC)c1)c1ccccc1N1CCCCC1. The summed E-state index contributed by atoms with van der Waals surface area (Å²) in [5.41, 5.74) is 3.13. The van der Waals surface area contributed by atoms with Crippen LogP contribution >= 0.6 is 0 Å². The molecule has 1 aliphatic rings. The number of anilines is 1. The zero-order valence-electron chi connectivity index (χ0n) is 19.4. The maximum Gasteiger partial charge on any atom is 0.339 e. The maximum absolute atomic E-state index is 13.0. The average molecular weight is 451 g/mol. The first-order valence-electron chi connectivity index (χ1n) is 11.8. The normalized spacial score (nSPS) is 14.4. The number of nitrogens with zero attached hydrogens (tertiary/aromatic N) is 1. The Kier molecular flexibility index (Phi) is 8.93. The summed E-state index contributed by atoms with van der Waals surface area (Å²) in [4.78, 5) is 26.9. The van der Waals surface area contributed by atoms with E-state index in [4.69, 9.17) is 4.74 Å². The Morgan fingerprint density at radius 3 is 2.64 bits per heavy atom. The molecule has 3 rings (SSSR count). The van der Waals surface area contributed by atoms with Crippen molar-refractivity contribution in [1.29, 1.82) is 0 Å². The largest absolute Gasteiger partial charge is 0.493 e. The standard InChI is InChI=1S/C27H34N2O4/c1-3-5-12-23(21-11-7-8-13-24(21)29-16-9-6-10-17-29)28-26(30)19-20-14-15-22(27(31)32)25(18-20)33-4-2/h3,7-8,11,13-15,18,23H,1,4-6,9-10,12,16-17,19H2,2H3,(H,28,30)(H,31,32). The van der Waals surface area contributed by atoms with Crippen LogP contribution in [0.4, 0.5) is 5.69 Å². The topological polar surface area (TPSA) is 78.9 Å². The summed E-state index contributed by atoms with van der Waals surface area (Å²) in [7, 11) is 0. The van der Waals surface area contributed by atoms with E-state index in [1.165, 1.54) is 31.0 Å². The molecule has 1 fully saturated rings. The number of carbonyl (C=O) groups excluding carboxylic acids is 1. The molecule has 1 aliphatic heterocycles. The van der Waals surface area contributed by atoms with Crippen LogP contribution in [-0.4, -0.2) is 36.7 Å². The van der Waals surface area contributed by atoms with E-state index in [0.717, 1.165) is 31.5 Å². The number of rotatable bonds is 11. The minimum Gasteiger partial charge on any atom is -0.493 e. The van der Waals surface area contributed by atoms with Crippen molar-refractivity contribution in [2.75, 3.05) is 24.6 Å². The second-order valence-corrected chi connectivity index (χ2v) is 8.34. The molecule has 0 saturated carbocycles. The first-order chi connectivity index (χ1) is 16.0. The fourth-order valence-corrected chi connectivity index (χ4v) is 4.35. The lowest BCUT2D eigenvalue weighted by Gasteiger charge is -2.33. The second kappa shape index (κ2) is 12.1. The Balaban J connectivity index is 1.79. The van der Waals surface area contributed by atoms with Crippen LogP contribution in [0.2, 0.25) is 0 Å². The number of piperidine rings is 1. The van der Waals surface area contributed by atoms with Gasteiger partial charge in [0.2, 0.25) is 5.91 Å². The lowest BCUT2D eigenvalue weighted by atomic mass is 9.97. The van der Waals surface area contributed by atoms with Crippen molar-refractivity contribution in [1.82, 2.24) is 5.32 Å². The van der Waals surface area contributed by atoms with Crippen LogP contribution in [0, 0.1) is 0 Å². The molecule has 6 nitrogen and oxygen atoms in total. The maximum atomic E-state index is 13.0. The van der Waals surface area contributed by atoms with Crippen molar-refractivity contribution in [3.8, 4) is 5.75 Å². The van der Waals surface area contributed by atoms with Gasteiger partial charge in [0.05, 0.1) is 19.1 Å². The molecule has 1 unspecified atom stereocenters. The van der Waals surface area contributed by atoms with Gasteiger partial charge in [0.25, 0.3) is 0 Å². The van der Waals surface area contributed by atoms with Gasteiger partial charge in [0, 0.05) is 18.8 Å². The summed E-state index contributed by atoms with van der Waals surface area (Å²) in [5.74, 6) is -0.870. The Morgan fingerprint density at radius 2 is 1.94 bits per heavy atom. The van der Waals surface area contributed by atoms with Crippen LogP contribution in [0.25, 0.3) is 0 Å². The Morgan fingerprint density at radius 1 is 1.18 bits per heavy atom. The molecule has 2 aromatic carbocycles. The molecule has 0 aliphatic carbocycles. The van der Waals surface area contributed by atoms with E-state index in [-0.39, 0.29) is 29.7 Å². The molecule has 33 heavy (non-hydrogen) atoms. The van der Waals surface area contributed by atoms with Crippen LogP contribution in [0.15, 0.2) is 55.1 Å². The number of carboxylic acid groups (broad SMARTS) is 1. The lowest BCUT2D eigenvalue weighted by Crippen LogP contribution is -2.34. The third kappa shape index (κ3) is 6.60. The number of carbonyl (C=O) groups is 2. The van der Waals surface area contributed by atoms with E-state index in [9.17, 15) is 14.7 Å². The number of nitrogens with one attached hydrogen (secondary N) is 1. The number of hydrogen-bond donors (Lipinski definition) is 2. The van der Waals surface area contributed by atoms with Gasteiger partial charge in [-0.25, -0.2) is 4.79 Å². The van der Waals surface area contributed by atoms with Crippen molar-refractivity contribution in [2.45, 2.75) is 51.5 Å². The van der Waals surface area contributed by atoms with Gasteiger partial charge in [-0.15, -0.1) is 6.58 Å². The van der Waals surface area contributed by atoms with Gasteiger partial charge in [-0.1, -0.05) is 30.3 Å². The van der Waals surface area contributed by atoms with E-state index in [0.29, 0.717) is 12.2 Å². The molecule has 2 aromatic rings. The molecule has 1 atom stereocenters. The highest BCUT2D eigenvalue weighted by molar-refractivity contribution is 5.91. The van der Waals surface area contributed by atoms with E-state index in [1.807, 2.05) is 12.1 Å². The molecule has 6 heteroatoms. The highest BCUT2D eigenvalue weighted by atomic mass is 16.5. The number of aromatic carboxylic acids is 1. The Labute approximate surface area is 196 Å². The van der Waals surface area contributed by atoms with E-state index < -0.39 is 5.97 Å². The predicted octanol–water partition coefficient (Wildman–Crippen LogP) is 5.14. The fourth-order valence-electron chi connectivity index (χ4n) is 4.35. The van der Waals surface area contributed by atoms with Gasteiger partial charge < -0.3 is 20.1 Å². The molecular weight excluding hydrogens is 416 g/mol. The molecule has 1 saturated heterocycles. The van der Waals surface area contributed by atoms with Gasteiger partial charge in [-0.05, 0) is 68.4 Å². The highest BCUT2D eigenvalue weighted by Gasteiger charge is 2.22. The summed E-state index contributed by atoms with van der Waals surface area (Å²) in [5, 5.41) is 12.6. The number of para-hydroxylation sites is 1. The number of amides is 1. The third-order valence-electron chi connectivity index (χ3n) is 5.94. The van der Waals surface area contributed by atoms with Crippen LogP contribution in [0.5, 0.6) is 5.75 Å². The summed E-state index contributed by atoms with van der Waals surface area (Å²) in [6, 6.07) is 13.0. The molecule has 1 amide bonds. The first-order valence-corrected chi connectivity index (χ1v) is 11.8. The molecule has 0 aromatic heterocycles. The minimum atomic E-state index is -1.05. The molecule has 176 valence electrons. The van der Waals surface area contributed by atoms with E-state index in [1.54, 1.807) is 19.1 Å². The number of hydrogen-bond acceptors (Lipinski definition) is 4. The quantitative estimate of drug-likeness (QED) is 0.464. The van der Waals surface area contributed by atoms with Crippen LogP contribution in [0.1, 0.15) is 66.6 Å². The van der Waals surface area contributed by atoms with Crippen molar-refractivity contribution >= 4 is 17.6 Å². The average Bonchev–Trinajstić information content (AvgIpc) is 2.82. The van der Waals surface area contributed by atoms with Crippen LogP contribution in [-0.2, 0) is 11.2 Å². The molecular formula is C27H34N2O4. The molecule has 1 heterocycles.